The zero-order valence-corrected chi connectivity index (χ0v) is 20.1. The molecule has 0 unspecified atom stereocenters. The molecular weight excluding hydrogens is 474 g/mol. The molecule has 0 fully saturated rings. The molecule has 0 aliphatic heterocycles. The van der Waals surface area contributed by atoms with E-state index in [1.807, 2.05) is 18.2 Å². The minimum atomic E-state index is -0.292. The number of aromatic nitrogens is 3. The minimum absolute atomic E-state index is 0.138. The van der Waals surface area contributed by atoms with Gasteiger partial charge in [0.05, 0.1) is 19.4 Å². The van der Waals surface area contributed by atoms with Gasteiger partial charge in [0.1, 0.15) is 5.75 Å². The van der Waals surface area contributed by atoms with Crippen LogP contribution >= 0.6 is 23.4 Å². The van der Waals surface area contributed by atoms with Crippen molar-refractivity contribution in [3.8, 4) is 5.75 Å². The molecule has 3 rings (SSSR count). The van der Waals surface area contributed by atoms with Crippen LogP contribution in [0.15, 0.2) is 72.4 Å². The van der Waals surface area contributed by atoms with E-state index < -0.39 is 0 Å². The Balaban J connectivity index is 1.57. The number of allylic oxidation sites excluding steroid dienone is 1. The molecule has 34 heavy (non-hydrogen) atoms. The van der Waals surface area contributed by atoms with E-state index in [-0.39, 0.29) is 24.1 Å². The quantitative estimate of drug-likeness (QED) is 0.234. The second-order valence-electron chi connectivity index (χ2n) is 6.94. The molecule has 176 valence electrons. The maximum atomic E-state index is 12.4. The Bertz CT molecular complexity index is 1190. The maximum absolute atomic E-state index is 12.4. The van der Waals surface area contributed by atoms with Crippen LogP contribution in [0.2, 0.25) is 5.02 Å². The second-order valence-corrected chi connectivity index (χ2v) is 8.29. The number of benzene rings is 2. The smallest absolute Gasteiger partial charge is 0.244 e. The fourth-order valence-corrected chi connectivity index (χ4v) is 3.86. The number of nitrogens with one attached hydrogen (secondary N) is 2. The van der Waals surface area contributed by atoms with Crippen molar-refractivity contribution in [1.82, 2.24) is 20.1 Å². The minimum Gasteiger partial charge on any atom is -0.497 e. The van der Waals surface area contributed by atoms with Gasteiger partial charge >= 0.3 is 0 Å². The number of anilines is 1. The van der Waals surface area contributed by atoms with Gasteiger partial charge in [0.2, 0.25) is 11.8 Å². The van der Waals surface area contributed by atoms with Gasteiger partial charge in [-0.3, -0.25) is 9.59 Å². The number of carbonyl (C=O) groups excluding carboxylic acids is 2. The summed E-state index contributed by atoms with van der Waals surface area (Å²) in [6, 6.07) is 14.4. The van der Waals surface area contributed by atoms with Crippen LogP contribution in [0.3, 0.4) is 0 Å². The van der Waals surface area contributed by atoms with E-state index in [0.29, 0.717) is 34.0 Å². The van der Waals surface area contributed by atoms with Gasteiger partial charge in [-0.25, -0.2) is 0 Å². The lowest BCUT2D eigenvalue weighted by Crippen LogP contribution is -2.23. The van der Waals surface area contributed by atoms with E-state index >= 15 is 0 Å². The second kappa shape index (κ2) is 12.6. The van der Waals surface area contributed by atoms with Crippen LogP contribution in [0.25, 0.3) is 6.08 Å². The van der Waals surface area contributed by atoms with E-state index in [9.17, 15) is 9.59 Å². The van der Waals surface area contributed by atoms with Crippen molar-refractivity contribution in [1.29, 1.82) is 0 Å². The van der Waals surface area contributed by atoms with E-state index in [1.54, 1.807) is 54.2 Å². The van der Waals surface area contributed by atoms with Gasteiger partial charge in [0, 0.05) is 29.4 Å². The van der Waals surface area contributed by atoms with Crippen LogP contribution in [0.4, 0.5) is 5.69 Å². The molecular formula is C24H24ClN5O3S. The van der Waals surface area contributed by atoms with Gasteiger partial charge < -0.3 is 19.9 Å². The van der Waals surface area contributed by atoms with Crippen molar-refractivity contribution in [2.24, 2.45) is 0 Å². The number of halogens is 1. The van der Waals surface area contributed by atoms with E-state index in [4.69, 9.17) is 16.3 Å². The first kappa shape index (κ1) is 25.1. The predicted octanol–water partition coefficient (Wildman–Crippen LogP) is 4.19. The number of hydrogen-bond donors (Lipinski definition) is 2. The van der Waals surface area contributed by atoms with E-state index in [1.165, 1.54) is 17.8 Å². The van der Waals surface area contributed by atoms with Gasteiger partial charge in [-0.05, 0) is 29.8 Å². The van der Waals surface area contributed by atoms with Crippen molar-refractivity contribution in [2.75, 3.05) is 18.2 Å². The molecule has 1 aromatic heterocycles. The molecule has 0 atom stereocenters. The van der Waals surface area contributed by atoms with Crippen molar-refractivity contribution >= 4 is 46.9 Å². The Morgan fingerprint density at radius 3 is 2.79 bits per heavy atom. The predicted molar refractivity (Wildman–Crippen MR) is 135 cm³/mol. The van der Waals surface area contributed by atoms with Gasteiger partial charge in [0.15, 0.2) is 11.0 Å². The normalized spacial score (nSPS) is 10.8. The number of nitrogens with zero attached hydrogens (tertiary/aromatic N) is 3. The van der Waals surface area contributed by atoms with E-state index in [2.05, 4.69) is 27.4 Å². The maximum Gasteiger partial charge on any atom is 0.244 e. The van der Waals surface area contributed by atoms with Crippen molar-refractivity contribution in [3.63, 3.8) is 0 Å². The standard InChI is InChI=1S/C24H24ClN5O3S/c1-3-13-30-21(15-26-22(31)12-11-17-7-4-5-10-20(17)25)28-29-24(30)34-16-23(32)27-18-8-6-9-19(14-18)33-2/h3-12,14H,1,13,15-16H2,2H3,(H,26,31)(H,27,32). The molecule has 0 saturated carbocycles. The van der Waals surface area contributed by atoms with Gasteiger partial charge in [-0.15, -0.1) is 16.8 Å². The Kier molecular flexibility index (Phi) is 9.30. The lowest BCUT2D eigenvalue weighted by atomic mass is 10.2. The van der Waals surface area contributed by atoms with Crippen LogP contribution in [-0.4, -0.2) is 39.4 Å². The van der Waals surface area contributed by atoms with Crippen LogP contribution in [0, 0.1) is 0 Å². The van der Waals surface area contributed by atoms with Crippen molar-refractivity contribution in [3.05, 3.63) is 83.7 Å². The molecule has 2 amide bonds. The topological polar surface area (TPSA) is 98.1 Å². The third-order valence-electron chi connectivity index (χ3n) is 4.53. The number of carbonyl (C=O) groups is 2. The highest BCUT2D eigenvalue weighted by Crippen LogP contribution is 2.20. The number of rotatable bonds is 11. The zero-order chi connectivity index (χ0) is 24.3. The lowest BCUT2D eigenvalue weighted by molar-refractivity contribution is -0.116. The zero-order valence-electron chi connectivity index (χ0n) is 18.5. The Labute approximate surface area is 207 Å². The molecule has 1 heterocycles. The van der Waals surface area contributed by atoms with Crippen molar-refractivity contribution in [2.45, 2.75) is 18.2 Å². The summed E-state index contributed by atoms with van der Waals surface area (Å²) < 4.78 is 6.97. The van der Waals surface area contributed by atoms with Gasteiger partial charge in [-0.1, -0.05) is 53.7 Å². The summed E-state index contributed by atoms with van der Waals surface area (Å²) in [6.45, 7) is 4.37. The SMILES string of the molecule is C=CCn1c(CNC(=O)C=Cc2ccccc2Cl)nnc1SCC(=O)Nc1cccc(OC)c1. The summed E-state index contributed by atoms with van der Waals surface area (Å²) >= 11 is 7.34. The summed E-state index contributed by atoms with van der Waals surface area (Å²) in [4.78, 5) is 24.6. The summed E-state index contributed by atoms with van der Waals surface area (Å²) in [7, 11) is 1.57. The molecule has 2 N–H and O–H groups in total. The molecule has 0 aliphatic carbocycles. The molecule has 0 aliphatic rings. The first-order chi connectivity index (χ1) is 16.5. The fourth-order valence-electron chi connectivity index (χ4n) is 2.90. The molecule has 2 aromatic carbocycles. The Morgan fingerprint density at radius 1 is 1.21 bits per heavy atom. The monoisotopic (exact) mass is 497 g/mol. The third kappa shape index (κ3) is 7.23. The summed E-state index contributed by atoms with van der Waals surface area (Å²) in [6.07, 6.45) is 4.76. The molecule has 0 spiro atoms. The number of thioether (sulfide) groups is 1. The Morgan fingerprint density at radius 2 is 2.03 bits per heavy atom. The van der Waals surface area contributed by atoms with Crippen molar-refractivity contribution < 1.29 is 14.3 Å². The largest absolute Gasteiger partial charge is 0.497 e. The number of ether oxygens (including phenoxy) is 1. The van der Waals surface area contributed by atoms with E-state index in [0.717, 1.165) is 5.56 Å². The molecule has 0 bridgehead atoms. The summed E-state index contributed by atoms with van der Waals surface area (Å²) in [5.74, 6) is 0.866. The first-order valence-electron chi connectivity index (χ1n) is 10.3. The number of methoxy groups -OCH3 is 1. The van der Waals surface area contributed by atoms with Crippen LogP contribution in [0.1, 0.15) is 11.4 Å². The third-order valence-corrected chi connectivity index (χ3v) is 5.84. The first-order valence-corrected chi connectivity index (χ1v) is 11.7. The highest BCUT2D eigenvalue weighted by atomic mass is 35.5. The highest BCUT2D eigenvalue weighted by molar-refractivity contribution is 7.99. The van der Waals surface area contributed by atoms with Crippen LogP contribution < -0.4 is 15.4 Å². The van der Waals surface area contributed by atoms with Crippen LogP contribution in [0.5, 0.6) is 5.75 Å². The molecule has 0 radical (unpaired) electrons. The number of amides is 2. The lowest BCUT2D eigenvalue weighted by Gasteiger charge is -2.09. The average Bonchev–Trinajstić information content (AvgIpc) is 3.22. The molecule has 3 aromatic rings. The highest BCUT2D eigenvalue weighted by Gasteiger charge is 2.14. The fraction of sp³-hybridized carbons (Fsp3) is 0.167. The average molecular weight is 498 g/mol. The van der Waals surface area contributed by atoms with Gasteiger partial charge in [-0.2, -0.15) is 0 Å². The Hall–Kier alpha value is -3.56. The van der Waals surface area contributed by atoms with Crippen LogP contribution in [-0.2, 0) is 22.7 Å². The summed E-state index contributed by atoms with van der Waals surface area (Å²) in [5.41, 5.74) is 1.39. The molecule has 0 saturated heterocycles. The molecule has 10 heteroatoms. The van der Waals surface area contributed by atoms with Gasteiger partial charge in [0.25, 0.3) is 0 Å². The number of hydrogen-bond acceptors (Lipinski definition) is 6. The summed E-state index contributed by atoms with van der Waals surface area (Å²) in [5, 5.41) is 15.0. The molecule has 8 nitrogen and oxygen atoms in total.